The summed E-state index contributed by atoms with van der Waals surface area (Å²) in [4.78, 5) is 11.9. The lowest BCUT2D eigenvalue weighted by Gasteiger charge is -2.01. The molecule has 0 unspecified atom stereocenters. The van der Waals surface area contributed by atoms with Crippen LogP contribution in [0, 0.1) is 0 Å². The molecule has 3 nitrogen and oxygen atoms in total. The number of carbonyl (C=O) groups excluding carboxylic acids is 1. The van der Waals surface area contributed by atoms with Crippen molar-refractivity contribution in [3.63, 3.8) is 0 Å². The average Bonchev–Trinajstić information content (AvgIpc) is 2.77. The summed E-state index contributed by atoms with van der Waals surface area (Å²) in [5.74, 6) is 0.113. The number of carbonyl (C=O) groups is 1. The minimum Gasteiger partial charge on any atom is -0.294 e. The molecule has 17 heavy (non-hydrogen) atoms. The Morgan fingerprint density at radius 1 is 1.24 bits per heavy atom. The number of aromatic nitrogens is 2. The van der Waals surface area contributed by atoms with Gasteiger partial charge in [0.25, 0.3) is 0 Å². The van der Waals surface area contributed by atoms with Gasteiger partial charge >= 0.3 is 0 Å². The van der Waals surface area contributed by atoms with Crippen LogP contribution in [-0.2, 0) is 19.9 Å². The molecule has 0 N–H and O–H groups in total. The van der Waals surface area contributed by atoms with E-state index in [0.29, 0.717) is 12.0 Å². The molecule has 0 saturated heterocycles. The van der Waals surface area contributed by atoms with Gasteiger partial charge in [0.1, 0.15) is 0 Å². The molecule has 0 aliphatic rings. The fourth-order valence-corrected chi connectivity index (χ4v) is 1.75. The number of nitrogens with zero attached hydrogens (tertiary/aromatic N) is 2. The van der Waals surface area contributed by atoms with Crippen LogP contribution < -0.4 is 0 Å². The SMILES string of the molecule is CCc1ccc(CC(=O)c2cnn(C)c2)cc1. The van der Waals surface area contributed by atoms with Crippen LogP contribution in [0.1, 0.15) is 28.4 Å². The van der Waals surface area contributed by atoms with Crippen LogP contribution in [0.15, 0.2) is 36.7 Å². The Bertz CT molecular complexity index is 511. The van der Waals surface area contributed by atoms with E-state index in [2.05, 4.69) is 24.2 Å². The standard InChI is InChI=1S/C14H16N2O/c1-3-11-4-6-12(7-5-11)8-14(17)13-9-15-16(2)10-13/h4-7,9-10H,3,8H2,1-2H3. The second-order valence-corrected chi connectivity index (χ2v) is 4.17. The summed E-state index contributed by atoms with van der Waals surface area (Å²) < 4.78 is 1.65. The van der Waals surface area contributed by atoms with Crippen molar-refractivity contribution in [3.8, 4) is 0 Å². The maximum Gasteiger partial charge on any atom is 0.170 e. The predicted octanol–water partition coefficient (Wildman–Crippen LogP) is 2.41. The molecule has 0 spiro atoms. The lowest BCUT2D eigenvalue weighted by molar-refractivity contribution is 0.0993. The molecule has 0 atom stereocenters. The Hall–Kier alpha value is -1.90. The quantitative estimate of drug-likeness (QED) is 0.753. The Morgan fingerprint density at radius 2 is 1.88 bits per heavy atom. The second kappa shape index (κ2) is 4.95. The molecule has 0 aliphatic carbocycles. The molecule has 0 aliphatic heterocycles. The molecule has 2 aromatic rings. The molecule has 2 rings (SSSR count). The van der Waals surface area contributed by atoms with Gasteiger partial charge < -0.3 is 0 Å². The van der Waals surface area contributed by atoms with Crippen molar-refractivity contribution in [3.05, 3.63) is 53.3 Å². The third-order valence-electron chi connectivity index (χ3n) is 2.82. The number of hydrogen-bond acceptors (Lipinski definition) is 2. The van der Waals surface area contributed by atoms with E-state index in [1.54, 1.807) is 17.1 Å². The largest absolute Gasteiger partial charge is 0.294 e. The van der Waals surface area contributed by atoms with Crippen LogP contribution >= 0.6 is 0 Å². The predicted molar refractivity (Wildman–Crippen MR) is 67.1 cm³/mol. The van der Waals surface area contributed by atoms with Crippen LogP contribution in [0.5, 0.6) is 0 Å². The molecule has 3 heteroatoms. The first kappa shape index (κ1) is 11.6. The van der Waals surface area contributed by atoms with E-state index in [1.165, 1.54) is 5.56 Å². The monoisotopic (exact) mass is 228 g/mol. The third kappa shape index (κ3) is 2.81. The first-order valence-electron chi connectivity index (χ1n) is 5.78. The Labute approximate surface area is 101 Å². The van der Waals surface area contributed by atoms with Crippen LogP contribution in [0.2, 0.25) is 0 Å². The van der Waals surface area contributed by atoms with E-state index in [-0.39, 0.29) is 5.78 Å². The minimum absolute atomic E-state index is 0.113. The highest BCUT2D eigenvalue weighted by Gasteiger charge is 2.08. The highest BCUT2D eigenvalue weighted by Crippen LogP contribution is 2.09. The highest BCUT2D eigenvalue weighted by molar-refractivity contribution is 5.97. The van der Waals surface area contributed by atoms with Gasteiger partial charge in [0.2, 0.25) is 0 Å². The van der Waals surface area contributed by atoms with Gasteiger partial charge in [0, 0.05) is 19.7 Å². The fourth-order valence-electron chi connectivity index (χ4n) is 1.75. The molecule has 0 amide bonds. The van der Waals surface area contributed by atoms with Crippen LogP contribution in [0.4, 0.5) is 0 Å². The zero-order valence-corrected chi connectivity index (χ0v) is 10.2. The van der Waals surface area contributed by atoms with Crippen molar-refractivity contribution in [1.29, 1.82) is 0 Å². The van der Waals surface area contributed by atoms with Crippen molar-refractivity contribution < 1.29 is 4.79 Å². The summed E-state index contributed by atoms with van der Waals surface area (Å²) in [6, 6.07) is 8.19. The molecule has 88 valence electrons. The Morgan fingerprint density at radius 3 is 2.41 bits per heavy atom. The van der Waals surface area contributed by atoms with Crippen molar-refractivity contribution in [2.24, 2.45) is 7.05 Å². The van der Waals surface area contributed by atoms with Gasteiger partial charge in [-0.2, -0.15) is 5.10 Å². The summed E-state index contributed by atoms with van der Waals surface area (Å²) in [6.07, 6.45) is 4.83. The fraction of sp³-hybridized carbons (Fsp3) is 0.286. The van der Waals surface area contributed by atoms with E-state index in [1.807, 2.05) is 19.2 Å². The topological polar surface area (TPSA) is 34.9 Å². The number of benzene rings is 1. The highest BCUT2D eigenvalue weighted by atomic mass is 16.1. The van der Waals surface area contributed by atoms with Crippen molar-refractivity contribution >= 4 is 5.78 Å². The third-order valence-corrected chi connectivity index (χ3v) is 2.82. The number of hydrogen-bond donors (Lipinski definition) is 0. The lowest BCUT2D eigenvalue weighted by atomic mass is 10.0. The molecule has 1 aromatic carbocycles. The number of Topliss-reactive ketones (excluding diaryl/α,β-unsaturated/α-hetero) is 1. The van der Waals surface area contributed by atoms with Crippen molar-refractivity contribution in [2.75, 3.05) is 0 Å². The van der Waals surface area contributed by atoms with Crippen molar-refractivity contribution in [2.45, 2.75) is 19.8 Å². The second-order valence-electron chi connectivity index (χ2n) is 4.17. The molecular formula is C14H16N2O. The van der Waals surface area contributed by atoms with Gasteiger partial charge in [-0.15, -0.1) is 0 Å². The van der Waals surface area contributed by atoms with Gasteiger partial charge in [0.15, 0.2) is 5.78 Å². The number of rotatable bonds is 4. The van der Waals surface area contributed by atoms with Gasteiger partial charge in [-0.05, 0) is 17.5 Å². The minimum atomic E-state index is 0.113. The first-order valence-corrected chi connectivity index (χ1v) is 5.78. The molecule has 1 aromatic heterocycles. The summed E-state index contributed by atoms with van der Waals surface area (Å²) in [7, 11) is 1.81. The summed E-state index contributed by atoms with van der Waals surface area (Å²) in [5.41, 5.74) is 3.02. The first-order chi connectivity index (χ1) is 8.19. The van der Waals surface area contributed by atoms with E-state index < -0.39 is 0 Å². The summed E-state index contributed by atoms with van der Waals surface area (Å²) in [6.45, 7) is 2.12. The molecule has 0 bridgehead atoms. The zero-order chi connectivity index (χ0) is 12.3. The Kier molecular flexibility index (Phi) is 3.38. The molecule has 0 radical (unpaired) electrons. The lowest BCUT2D eigenvalue weighted by Crippen LogP contribution is -2.02. The van der Waals surface area contributed by atoms with Crippen LogP contribution in [0.25, 0.3) is 0 Å². The van der Waals surface area contributed by atoms with E-state index in [4.69, 9.17) is 0 Å². The molecule has 0 fully saturated rings. The average molecular weight is 228 g/mol. The van der Waals surface area contributed by atoms with Gasteiger partial charge in [-0.25, -0.2) is 0 Å². The van der Waals surface area contributed by atoms with E-state index >= 15 is 0 Å². The van der Waals surface area contributed by atoms with E-state index in [0.717, 1.165) is 12.0 Å². The van der Waals surface area contributed by atoms with E-state index in [9.17, 15) is 4.79 Å². The van der Waals surface area contributed by atoms with Crippen LogP contribution in [0.3, 0.4) is 0 Å². The Balaban J connectivity index is 2.07. The van der Waals surface area contributed by atoms with Crippen molar-refractivity contribution in [1.82, 2.24) is 9.78 Å². The smallest absolute Gasteiger partial charge is 0.170 e. The molecule has 1 heterocycles. The van der Waals surface area contributed by atoms with Gasteiger partial charge in [-0.1, -0.05) is 31.2 Å². The number of aryl methyl sites for hydroxylation is 2. The zero-order valence-electron chi connectivity index (χ0n) is 10.2. The summed E-state index contributed by atoms with van der Waals surface area (Å²) >= 11 is 0. The number of ketones is 1. The van der Waals surface area contributed by atoms with Crippen LogP contribution in [-0.4, -0.2) is 15.6 Å². The maximum atomic E-state index is 11.9. The van der Waals surface area contributed by atoms with Gasteiger partial charge in [-0.3, -0.25) is 9.48 Å². The molecule has 0 saturated carbocycles. The van der Waals surface area contributed by atoms with Gasteiger partial charge in [0.05, 0.1) is 11.8 Å². The normalized spacial score (nSPS) is 10.5. The molecular weight excluding hydrogens is 212 g/mol. The maximum absolute atomic E-state index is 11.9. The summed E-state index contributed by atoms with van der Waals surface area (Å²) in [5, 5.41) is 4.00.